The lowest BCUT2D eigenvalue weighted by Crippen LogP contribution is -2.28. The van der Waals surface area contributed by atoms with Crippen molar-refractivity contribution in [2.24, 2.45) is 10.3 Å². The van der Waals surface area contributed by atoms with Crippen LogP contribution >= 0.6 is 0 Å². The fraction of sp³-hybridized carbons (Fsp3) is 0.667. The van der Waals surface area contributed by atoms with Crippen molar-refractivity contribution >= 4 is 11.8 Å². The van der Waals surface area contributed by atoms with Gasteiger partial charge in [-0.25, -0.2) is 9.78 Å². The van der Waals surface area contributed by atoms with Gasteiger partial charge in [-0.05, 0) is 13.1 Å². The Morgan fingerprint density at radius 1 is 1.40 bits per heavy atom. The summed E-state index contributed by atoms with van der Waals surface area (Å²) in [5.41, 5.74) is 0.218. The number of hydrogen-bond acceptors (Lipinski definition) is 6. The van der Waals surface area contributed by atoms with Crippen molar-refractivity contribution in [3.05, 3.63) is 12.0 Å². The van der Waals surface area contributed by atoms with Gasteiger partial charge in [0.25, 0.3) is 0 Å². The quantitative estimate of drug-likeness (QED) is 0.443. The Bertz CT molecular complexity index is 439. The van der Waals surface area contributed by atoms with Crippen LogP contribution < -0.4 is 0 Å². The molecule has 0 unspecified atom stereocenters. The van der Waals surface area contributed by atoms with Gasteiger partial charge in [0.05, 0.1) is 6.33 Å². The number of hydrogen-bond donors (Lipinski definition) is 1. The van der Waals surface area contributed by atoms with Gasteiger partial charge in [0.1, 0.15) is 6.61 Å². The number of imidazole rings is 1. The minimum Gasteiger partial charge on any atom is -0.460 e. The van der Waals surface area contributed by atoms with E-state index in [1.165, 1.54) is 11.3 Å². The van der Waals surface area contributed by atoms with Crippen molar-refractivity contribution in [2.45, 2.75) is 13.8 Å². The number of carbonyl (C=O) groups is 1. The second kappa shape index (κ2) is 8.26. The average Bonchev–Trinajstić information content (AvgIpc) is 2.89. The van der Waals surface area contributed by atoms with Crippen LogP contribution in [0.3, 0.4) is 0 Å². The zero-order chi connectivity index (χ0) is 15.0. The van der Waals surface area contributed by atoms with Gasteiger partial charge in [-0.2, -0.15) is 0 Å². The molecule has 0 bridgehead atoms. The lowest BCUT2D eigenvalue weighted by molar-refractivity contribution is 0.0461. The maximum atomic E-state index is 11.9. The number of esters is 1. The van der Waals surface area contributed by atoms with Crippen LogP contribution in [-0.4, -0.2) is 66.2 Å². The third kappa shape index (κ3) is 4.96. The van der Waals surface area contributed by atoms with Crippen LogP contribution in [0.2, 0.25) is 0 Å². The van der Waals surface area contributed by atoms with E-state index < -0.39 is 5.97 Å². The molecular weight excluding hydrogens is 260 g/mol. The van der Waals surface area contributed by atoms with Gasteiger partial charge in [0, 0.05) is 20.6 Å². The first-order valence-electron chi connectivity index (χ1n) is 6.60. The number of H-pyrrole nitrogens is 1. The van der Waals surface area contributed by atoms with Gasteiger partial charge in [0.2, 0.25) is 5.82 Å². The number of aromatic amines is 1. The molecule has 0 radical (unpaired) electrons. The lowest BCUT2D eigenvalue weighted by Gasteiger charge is -2.17. The normalized spacial score (nSPS) is 11.2. The molecule has 0 spiro atoms. The standard InChI is InChI=1S/C12H22N6O2/c1-5-18(6-2)7-8-20-12(19)10-11(14-9-13-10)15-16-17(3)4/h9H,5-8H2,1-4H3,(H,13,14). The Labute approximate surface area is 118 Å². The SMILES string of the molecule is CCN(CC)CCOC(=O)c1[nH]cnc1N=NN(C)C. The molecule has 1 heterocycles. The second-order valence-electron chi connectivity index (χ2n) is 4.30. The number of likely N-dealkylation sites (N-methyl/N-ethyl adjacent to an activating group) is 1. The van der Waals surface area contributed by atoms with Crippen molar-refractivity contribution in [3.8, 4) is 0 Å². The van der Waals surface area contributed by atoms with E-state index in [-0.39, 0.29) is 11.5 Å². The molecule has 20 heavy (non-hydrogen) atoms. The Morgan fingerprint density at radius 3 is 2.70 bits per heavy atom. The summed E-state index contributed by atoms with van der Waals surface area (Å²) in [6, 6.07) is 0. The van der Waals surface area contributed by atoms with Gasteiger partial charge in [-0.1, -0.05) is 19.1 Å². The van der Waals surface area contributed by atoms with E-state index in [4.69, 9.17) is 4.74 Å². The molecule has 0 aliphatic carbocycles. The molecular formula is C12H22N6O2. The number of aromatic nitrogens is 2. The molecule has 1 N–H and O–H groups in total. The maximum absolute atomic E-state index is 11.9. The maximum Gasteiger partial charge on any atom is 0.358 e. The van der Waals surface area contributed by atoms with Crippen LogP contribution in [-0.2, 0) is 4.74 Å². The van der Waals surface area contributed by atoms with E-state index in [0.29, 0.717) is 13.2 Å². The molecule has 0 fully saturated rings. The Kier molecular flexibility index (Phi) is 6.65. The number of carbonyl (C=O) groups excluding carboxylic acids is 1. The first-order valence-corrected chi connectivity index (χ1v) is 6.60. The molecule has 0 atom stereocenters. The fourth-order valence-corrected chi connectivity index (χ4v) is 1.52. The minimum atomic E-state index is -0.470. The van der Waals surface area contributed by atoms with Crippen LogP contribution in [0.25, 0.3) is 0 Å². The Morgan fingerprint density at radius 2 is 2.10 bits per heavy atom. The molecule has 0 amide bonds. The second-order valence-corrected chi connectivity index (χ2v) is 4.30. The van der Waals surface area contributed by atoms with E-state index in [1.54, 1.807) is 14.1 Å². The average molecular weight is 282 g/mol. The molecule has 1 aromatic heterocycles. The van der Waals surface area contributed by atoms with E-state index in [9.17, 15) is 4.79 Å². The monoisotopic (exact) mass is 282 g/mol. The molecule has 8 nitrogen and oxygen atoms in total. The first kappa shape index (κ1) is 16.1. The molecule has 8 heteroatoms. The molecule has 112 valence electrons. The van der Waals surface area contributed by atoms with Crippen LogP contribution in [0.15, 0.2) is 16.7 Å². The summed E-state index contributed by atoms with van der Waals surface area (Å²) in [7, 11) is 3.47. The molecule has 0 aliphatic heterocycles. The largest absolute Gasteiger partial charge is 0.460 e. The van der Waals surface area contributed by atoms with Crippen LogP contribution in [0.5, 0.6) is 0 Å². The number of nitrogens with zero attached hydrogens (tertiary/aromatic N) is 5. The minimum absolute atomic E-state index is 0.218. The molecule has 0 aliphatic rings. The highest BCUT2D eigenvalue weighted by Crippen LogP contribution is 2.15. The molecule has 0 saturated heterocycles. The summed E-state index contributed by atoms with van der Waals surface area (Å²) in [5, 5.41) is 9.18. The lowest BCUT2D eigenvalue weighted by atomic mass is 10.4. The molecule has 0 saturated carbocycles. The zero-order valence-corrected chi connectivity index (χ0v) is 12.5. The molecule has 1 rings (SSSR count). The third-order valence-corrected chi connectivity index (χ3v) is 2.68. The van der Waals surface area contributed by atoms with Crippen molar-refractivity contribution < 1.29 is 9.53 Å². The van der Waals surface area contributed by atoms with Crippen molar-refractivity contribution in [1.82, 2.24) is 19.9 Å². The summed E-state index contributed by atoms with van der Waals surface area (Å²) >= 11 is 0. The van der Waals surface area contributed by atoms with Gasteiger partial charge in [-0.15, -0.1) is 5.11 Å². The van der Waals surface area contributed by atoms with Crippen molar-refractivity contribution in [3.63, 3.8) is 0 Å². The predicted molar refractivity (Wildman–Crippen MR) is 74.9 cm³/mol. The number of nitrogens with one attached hydrogen (secondary N) is 1. The van der Waals surface area contributed by atoms with Crippen LogP contribution in [0.4, 0.5) is 5.82 Å². The summed E-state index contributed by atoms with van der Waals surface area (Å²) in [6.45, 7) is 7.05. The summed E-state index contributed by atoms with van der Waals surface area (Å²) in [6.07, 6.45) is 1.39. The van der Waals surface area contributed by atoms with Gasteiger partial charge >= 0.3 is 5.97 Å². The van der Waals surface area contributed by atoms with E-state index in [0.717, 1.165) is 13.1 Å². The summed E-state index contributed by atoms with van der Waals surface area (Å²) in [4.78, 5) is 20.7. The third-order valence-electron chi connectivity index (χ3n) is 2.68. The van der Waals surface area contributed by atoms with E-state index in [1.807, 2.05) is 0 Å². The zero-order valence-electron chi connectivity index (χ0n) is 12.5. The Balaban J connectivity index is 2.54. The highest BCUT2D eigenvalue weighted by Gasteiger charge is 2.16. The van der Waals surface area contributed by atoms with E-state index in [2.05, 4.69) is 39.1 Å². The highest BCUT2D eigenvalue weighted by atomic mass is 16.5. The van der Waals surface area contributed by atoms with Crippen LogP contribution in [0.1, 0.15) is 24.3 Å². The molecule has 0 aromatic carbocycles. The summed E-state index contributed by atoms with van der Waals surface area (Å²) in [5.74, 6) is -0.242. The van der Waals surface area contributed by atoms with Crippen molar-refractivity contribution in [1.29, 1.82) is 0 Å². The smallest absolute Gasteiger partial charge is 0.358 e. The summed E-state index contributed by atoms with van der Waals surface area (Å²) < 4.78 is 5.20. The highest BCUT2D eigenvalue weighted by molar-refractivity contribution is 5.91. The van der Waals surface area contributed by atoms with Crippen molar-refractivity contribution in [2.75, 3.05) is 40.3 Å². The van der Waals surface area contributed by atoms with Gasteiger partial charge in [0.15, 0.2) is 5.69 Å². The Hall–Kier alpha value is -1.96. The predicted octanol–water partition coefficient (Wildman–Crippen LogP) is 1.47. The number of rotatable bonds is 8. The van der Waals surface area contributed by atoms with Gasteiger partial charge < -0.3 is 14.6 Å². The number of ether oxygens (including phenoxy) is 1. The fourth-order valence-electron chi connectivity index (χ4n) is 1.52. The molecule has 1 aromatic rings. The van der Waals surface area contributed by atoms with E-state index >= 15 is 0 Å². The topological polar surface area (TPSA) is 86.2 Å². The van der Waals surface area contributed by atoms with Gasteiger partial charge in [-0.3, -0.25) is 5.01 Å². The van der Waals surface area contributed by atoms with Crippen LogP contribution in [0, 0.1) is 0 Å². The first-order chi connectivity index (χ1) is 9.58.